The van der Waals surface area contributed by atoms with Crippen LogP contribution in [0.5, 0.6) is 0 Å². The second kappa shape index (κ2) is 5.06. The SMILES string of the molecule is C[C@H](NC1CCc2cc(N)ccc21)c1ccccc1. The molecule has 0 spiro atoms. The molecule has 0 heterocycles. The van der Waals surface area contributed by atoms with Crippen molar-refractivity contribution >= 4 is 5.69 Å². The Bertz CT molecular complexity index is 563. The molecule has 2 atom stereocenters. The summed E-state index contributed by atoms with van der Waals surface area (Å²) in [5.74, 6) is 0. The van der Waals surface area contributed by atoms with Crippen LogP contribution in [0.2, 0.25) is 0 Å². The van der Waals surface area contributed by atoms with E-state index < -0.39 is 0 Å². The molecule has 0 aromatic heterocycles. The van der Waals surface area contributed by atoms with Gasteiger partial charge in [0.05, 0.1) is 0 Å². The zero-order chi connectivity index (χ0) is 13.2. The zero-order valence-corrected chi connectivity index (χ0v) is 11.3. The van der Waals surface area contributed by atoms with Crippen molar-refractivity contribution in [2.45, 2.75) is 31.8 Å². The lowest BCUT2D eigenvalue weighted by atomic mass is 10.0. The summed E-state index contributed by atoms with van der Waals surface area (Å²) in [6.07, 6.45) is 2.29. The lowest BCUT2D eigenvalue weighted by Crippen LogP contribution is -2.22. The molecule has 2 aromatic rings. The smallest absolute Gasteiger partial charge is 0.0331 e. The second-order valence-corrected chi connectivity index (χ2v) is 5.35. The summed E-state index contributed by atoms with van der Waals surface area (Å²) >= 11 is 0. The molecule has 19 heavy (non-hydrogen) atoms. The number of aryl methyl sites for hydroxylation is 1. The van der Waals surface area contributed by atoms with Gasteiger partial charge in [0.2, 0.25) is 0 Å². The van der Waals surface area contributed by atoms with Crippen LogP contribution in [0.15, 0.2) is 48.5 Å². The summed E-state index contributed by atoms with van der Waals surface area (Å²) in [6.45, 7) is 2.23. The van der Waals surface area contributed by atoms with Crippen molar-refractivity contribution in [1.82, 2.24) is 5.32 Å². The average molecular weight is 252 g/mol. The Morgan fingerprint density at radius 2 is 1.95 bits per heavy atom. The fourth-order valence-corrected chi connectivity index (χ4v) is 2.95. The first kappa shape index (κ1) is 12.2. The first-order valence-corrected chi connectivity index (χ1v) is 6.93. The van der Waals surface area contributed by atoms with E-state index in [1.54, 1.807) is 0 Å². The van der Waals surface area contributed by atoms with Crippen LogP contribution in [0.3, 0.4) is 0 Å². The van der Waals surface area contributed by atoms with E-state index in [0.29, 0.717) is 12.1 Å². The van der Waals surface area contributed by atoms with E-state index in [1.165, 1.54) is 16.7 Å². The monoisotopic (exact) mass is 252 g/mol. The average Bonchev–Trinajstić information content (AvgIpc) is 2.82. The van der Waals surface area contributed by atoms with Crippen molar-refractivity contribution in [2.24, 2.45) is 0 Å². The Hall–Kier alpha value is -1.80. The summed E-state index contributed by atoms with van der Waals surface area (Å²) < 4.78 is 0. The fourth-order valence-electron chi connectivity index (χ4n) is 2.95. The van der Waals surface area contributed by atoms with Gasteiger partial charge in [-0.1, -0.05) is 36.4 Å². The summed E-state index contributed by atoms with van der Waals surface area (Å²) in [4.78, 5) is 0. The number of nitrogens with one attached hydrogen (secondary N) is 1. The van der Waals surface area contributed by atoms with Crippen LogP contribution in [0, 0.1) is 0 Å². The number of fused-ring (bicyclic) bond motifs is 1. The number of rotatable bonds is 3. The van der Waals surface area contributed by atoms with Gasteiger partial charge in [0.25, 0.3) is 0 Å². The zero-order valence-electron chi connectivity index (χ0n) is 11.3. The van der Waals surface area contributed by atoms with Crippen molar-refractivity contribution in [2.75, 3.05) is 5.73 Å². The third kappa shape index (κ3) is 2.49. The first-order valence-electron chi connectivity index (χ1n) is 6.93. The lowest BCUT2D eigenvalue weighted by molar-refractivity contribution is 0.465. The molecule has 0 amide bonds. The molecule has 1 unspecified atom stereocenters. The number of nitrogens with two attached hydrogens (primary N) is 1. The van der Waals surface area contributed by atoms with Gasteiger partial charge in [0.15, 0.2) is 0 Å². The Morgan fingerprint density at radius 1 is 1.16 bits per heavy atom. The Morgan fingerprint density at radius 3 is 2.74 bits per heavy atom. The normalized spacial score (nSPS) is 19.1. The van der Waals surface area contributed by atoms with Crippen molar-refractivity contribution in [3.05, 3.63) is 65.2 Å². The summed E-state index contributed by atoms with van der Waals surface area (Å²) in [6, 6.07) is 17.7. The first-order chi connectivity index (χ1) is 9.24. The van der Waals surface area contributed by atoms with Crippen molar-refractivity contribution in [3.8, 4) is 0 Å². The maximum absolute atomic E-state index is 5.85. The number of nitrogen functional groups attached to an aromatic ring is 1. The molecule has 3 rings (SSSR count). The van der Waals surface area contributed by atoms with E-state index in [-0.39, 0.29) is 0 Å². The predicted molar refractivity (Wildman–Crippen MR) is 79.9 cm³/mol. The standard InChI is InChI=1S/C17H20N2/c1-12(13-5-3-2-4-6-13)19-17-10-7-14-11-15(18)8-9-16(14)17/h2-6,8-9,11-12,17,19H,7,10,18H2,1H3/t12-,17?/m0/s1. The van der Waals surface area contributed by atoms with Gasteiger partial charge >= 0.3 is 0 Å². The van der Waals surface area contributed by atoms with E-state index in [9.17, 15) is 0 Å². The van der Waals surface area contributed by atoms with Crippen LogP contribution < -0.4 is 11.1 Å². The summed E-state index contributed by atoms with van der Waals surface area (Å²) in [5, 5.41) is 3.73. The summed E-state index contributed by atoms with van der Waals surface area (Å²) in [5.41, 5.74) is 10.9. The van der Waals surface area contributed by atoms with E-state index in [2.05, 4.69) is 54.7 Å². The lowest BCUT2D eigenvalue weighted by Gasteiger charge is -2.21. The van der Waals surface area contributed by atoms with Gasteiger partial charge in [-0.05, 0) is 48.6 Å². The maximum atomic E-state index is 5.85. The third-order valence-corrected chi connectivity index (χ3v) is 4.00. The van der Waals surface area contributed by atoms with Crippen molar-refractivity contribution < 1.29 is 0 Å². The highest BCUT2D eigenvalue weighted by atomic mass is 14.9. The minimum atomic E-state index is 0.370. The number of anilines is 1. The molecule has 0 radical (unpaired) electrons. The van der Waals surface area contributed by atoms with Crippen molar-refractivity contribution in [3.63, 3.8) is 0 Å². The molecule has 3 N–H and O–H groups in total. The summed E-state index contributed by atoms with van der Waals surface area (Å²) in [7, 11) is 0. The molecule has 1 aliphatic carbocycles. The predicted octanol–water partition coefficient (Wildman–Crippen LogP) is 3.61. The minimum Gasteiger partial charge on any atom is -0.399 e. The minimum absolute atomic E-state index is 0.370. The van der Waals surface area contributed by atoms with E-state index >= 15 is 0 Å². The van der Waals surface area contributed by atoms with Gasteiger partial charge in [0.1, 0.15) is 0 Å². The molecule has 2 aromatic carbocycles. The largest absolute Gasteiger partial charge is 0.399 e. The molecule has 0 saturated heterocycles. The number of benzene rings is 2. The maximum Gasteiger partial charge on any atom is 0.0331 e. The van der Waals surface area contributed by atoms with Crippen LogP contribution in [-0.2, 0) is 6.42 Å². The van der Waals surface area contributed by atoms with Crippen LogP contribution in [0.4, 0.5) is 5.69 Å². The molecule has 0 fully saturated rings. The van der Waals surface area contributed by atoms with Crippen LogP contribution in [0.25, 0.3) is 0 Å². The van der Waals surface area contributed by atoms with E-state index in [0.717, 1.165) is 18.5 Å². The highest BCUT2D eigenvalue weighted by Crippen LogP contribution is 2.34. The molecule has 2 nitrogen and oxygen atoms in total. The van der Waals surface area contributed by atoms with Crippen molar-refractivity contribution in [1.29, 1.82) is 0 Å². The van der Waals surface area contributed by atoms with Gasteiger partial charge in [-0.3, -0.25) is 0 Å². The Balaban J connectivity index is 1.76. The quantitative estimate of drug-likeness (QED) is 0.819. The van der Waals surface area contributed by atoms with Gasteiger partial charge in [0, 0.05) is 17.8 Å². The molecule has 98 valence electrons. The van der Waals surface area contributed by atoms with Gasteiger partial charge in [-0.2, -0.15) is 0 Å². The van der Waals surface area contributed by atoms with E-state index in [1.807, 2.05) is 6.07 Å². The third-order valence-electron chi connectivity index (χ3n) is 4.00. The molecular formula is C17H20N2. The molecule has 0 saturated carbocycles. The second-order valence-electron chi connectivity index (χ2n) is 5.35. The Kier molecular flexibility index (Phi) is 3.26. The van der Waals surface area contributed by atoms with Gasteiger partial charge < -0.3 is 11.1 Å². The van der Waals surface area contributed by atoms with E-state index in [4.69, 9.17) is 5.73 Å². The van der Waals surface area contributed by atoms with Crippen LogP contribution in [-0.4, -0.2) is 0 Å². The molecule has 1 aliphatic rings. The molecule has 0 bridgehead atoms. The van der Waals surface area contributed by atoms with Crippen LogP contribution in [0.1, 0.15) is 42.1 Å². The highest BCUT2D eigenvalue weighted by Gasteiger charge is 2.23. The molecular weight excluding hydrogens is 232 g/mol. The Labute approximate surface area is 114 Å². The number of hydrogen-bond donors (Lipinski definition) is 2. The molecule has 0 aliphatic heterocycles. The van der Waals surface area contributed by atoms with Crippen LogP contribution >= 0.6 is 0 Å². The molecule has 2 heteroatoms. The van der Waals surface area contributed by atoms with Gasteiger partial charge in [-0.15, -0.1) is 0 Å². The van der Waals surface area contributed by atoms with Gasteiger partial charge in [-0.25, -0.2) is 0 Å². The number of hydrogen-bond acceptors (Lipinski definition) is 2. The topological polar surface area (TPSA) is 38.0 Å². The fraction of sp³-hybridized carbons (Fsp3) is 0.294. The highest BCUT2D eigenvalue weighted by molar-refractivity contribution is 5.47.